The minimum Gasteiger partial charge on any atom is -0.439 e. The Balaban J connectivity index is 1.59. The van der Waals surface area contributed by atoms with E-state index in [0.717, 1.165) is 11.8 Å². The van der Waals surface area contributed by atoms with Crippen LogP contribution in [0.2, 0.25) is 0 Å². The molecule has 0 saturated carbocycles. The van der Waals surface area contributed by atoms with Crippen LogP contribution >= 0.6 is 0 Å². The maximum atomic E-state index is 12.9. The number of amides is 1. The second-order valence-corrected chi connectivity index (χ2v) is 7.56. The maximum absolute atomic E-state index is 12.9. The Morgan fingerprint density at radius 3 is 2.58 bits per heavy atom. The molecular weight excluding hydrogens is 363 g/mol. The number of hydrogen-bond acceptors (Lipinski definition) is 6. The van der Waals surface area contributed by atoms with E-state index in [4.69, 9.17) is 8.92 Å². The monoisotopic (exact) mass is 380 g/mol. The van der Waals surface area contributed by atoms with E-state index < -0.39 is 16.2 Å². The fourth-order valence-corrected chi connectivity index (χ4v) is 3.23. The third-order valence-electron chi connectivity index (χ3n) is 3.70. The molecule has 7 nitrogen and oxygen atoms in total. The molecule has 0 bridgehead atoms. The van der Waals surface area contributed by atoms with Gasteiger partial charge in [0.25, 0.3) is 10.1 Å². The van der Waals surface area contributed by atoms with Gasteiger partial charge in [-0.1, -0.05) is 6.07 Å². The highest BCUT2D eigenvalue weighted by atomic mass is 32.2. The molecule has 1 saturated heterocycles. The zero-order valence-corrected chi connectivity index (χ0v) is 14.8. The number of likely N-dealkylation sites (tertiary alicyclic amines) is 1. The summed E-state index contributed by atoms with van der Waals surface area (Å²) in [5.74, 6) is 0.271. The predicted molar refractivity (Wildman–Crippen MR) is 90.5 cm³/mol. The first-order chi connectivity index (χ1) is 12.3. The standard InChI is InChI=1S/C17H17FN2O5S/c1-26(22,23)25-15-8-17(21)20(11-15)10-12-2-7-16(19-9-12)24-14-5-3-13(18)4-6-14/h2-7,9,15H,8,10-11H2,1H3/t15-/m0/s1. The Morgan fingerprint density at radius 2 is 1.96 bits per heavy atom. The van der Waals surface area contributed by atoms with E-state index in [9.17, 15) is 17.6 Å². The lowest BCUT2D eigenvalue weighted by molar-refractivity contribution is -0.128. The van der Waals surface area contributed by atoms with E-state index in [1.807, 2.05) is 0 Å². The van der Waals surface area contributed by atoms with E-state index in [2.05, 4.69) is 4.98 Å². The second-order valence-electron chi connectivity index (χ2n) is 5.96. The third kappa shape index (κ3) is 4.99. The Morgan fingerprint density at radius 1 is 1.23 bits per heavy atom. The minimum absolute atomic E-state index is 0.0340. The Hall–Kier alpha value is -2.52. The summed E-state index contributed by atoms with van der Waals surface area (Å²) in [6.07, 6.45) is 1.90. The normalized spacial score (nSPS) is 17.5. The summed E-state index contributed by atoms with van der Waals surface area (Å²) >= 11 is 0. The van der Waals surface area contributed by atoms with Crippen LogP contribution in [0.3, 0.4) is 0 Å². The van der Waals surface area contributed by atoms with E-state index in [1.165, 1.54) is 29.2 Å². The van der Waals surface area contributed by atoms with Crippen molar-refractivity contribution in [2.45, 2.75) is 19.1 Å². The highest BCUT2D eigenvalue weighted by Gasteiger charge is 2.32. The predicted octanol–water partition coefficient (Wildman–Crippen LogP) is 2.09. The minimum atomic E-state index is -3.60. The van der Waals surface area contributed by atoms with Gasteiger partial charge < -0.3 is 9.64 Å². The van der Waals surface area contributed by atoms with Crippen LogP contribution in [0.4, 0.5) is 4.39 Å². The first-order valence-corrected chi connectivity index (χ1v) is 9.64. The zero-order chi connectivity index (χ0) is 18.7. The number of carbonyl (C=O) groups is 1. The lowest BCUT2D eigenvalue weighted by atomic mass is 10.2. The van der Waals surface area contributed by atoms with E-state index >= 15 is 0 Å². The highest BCUT2D eigenvalue weighted by Crippen LogP contribution is 2.22. The van der Waals surface area contributed by atoms with Gasteiger partial charge >= 0.3 is 0 Å². The molecule has 1 amide bonds. The Kier molecular flexibility index (Phi) is 5.19. The molecule has 1 fully saturated rings. The molecule has 1 aliphatic heterocycles. The summed E-state index contributed by atoms with van der Waals surface area (Å²) < 4.78 is 45.6. The van der Waals surface area contributed by atoms with Crippen LogP contribution in [0.1, 0.15) is 12.0 Å². The fraction of sp³-hybridized carbons (Fsp3) is 0.294. The average Bonchev–Trinajstić information content (AvgIpc) is 2.89. The van der Waals surface area contributed by atoms with Crippen LogP contribution in [-0.4, -0.2) is 43.1 Å². The first kappa shape index (κ1) is 18.3. The quantitative estimate of drug-likeness (QED) is 0.714. The number of halogens is 1. The summed E-state index contributed by atoms with van der Waals surface area (Å²) in [7, 11) is -3.60. The van der Waals surface area contributed by atoms with Crippen molar-refractivity contribution in [3.8, 4) is 11.6 Å². The van der Waals surface area contributed by atoms with Gasteiger partial charge in [0.05, 0.1) is 12.7 Å². The van der Waals surface area contributed by atoms with Gasteiger partial charge in [-0.3, -0.25) is 8.98 Å². The fourth-order valence-electron chi connectivity index (χ4n) is 2.61. The molecule has 1 atom stereocenters. The number of ether oxygens (including phenoxy) is 1. The summed E-state index contributed by atoms with van der Waals surface area (Å²) in [6.45, 7) is 0.506. The molecule has 0 spiro atoms. The molecule has 138 valence electrons. The zero-order valence-electron chi connectivity index (χ0n) is 14.0. The molecule has 0 radical (unpaired) electrons. The molecule has 26 heavy (non-hydrogen) atoms. The van der Waals surface area contributed by atoms with E-state index in [1.54, 1.807) is 18.3 Å². The van der Waals surface area contributed by atoms with Crippen molar-refractivity contribution in [2.24, 2.45) is 0 Å². The molecule has 2 heterocycles. The molecule has 0 aliphatic carbocycles. The number of pyridine rings is 1. The molecule has 9 heteroatoms. The van der Waals surface area contributed by atoms with Crippen LogP contribution < -0.4 is 4.74 Å². The number of hydrogen-bond donors (Lipinski definition) is 0. The van der Waals surface area contributed by atoms with Gasteiger partial charge in [-0.15, -0.1) is 0 Å². The van der Waals surface area contributed by atoms with E-state index in [0.29, 0.717) is 18.2 Å². The topological polar surface area (TPSA) is 85.8 Å². The first-order valence-electron chi connectivity index (χ1n) is 7.83. The number of rotatable bonds is 6. The van der Waals surface area contributed by atoms with Crippen LogP contribution in [0.15, 0.2) is 42.6 Å². The van der Waals surface area contributed by atoms with Crippen molar-refractivity contribution >= 4 is 16.0 Å². The summed E-state index contributed by atoms with van der Waals surface area (Å²) in [5, 5.41) is 0. The number of nitrogens with zero attached hydrogens (tertiary/aromatic N) is 2. The van der Waals surface area contributed by atoms with Crippen LogP contribution in [0, 0.1) is 5.82 Å². The molecule has 0 N–H and O–H groups in total. The van der Waals surface area contributed by atoms with Crippen molar-refractivity contribution < 1.29 is 26.5 Å². The Bertz CT molecular complexity index is 884. The average molecular weight is 380 g/mol. The molecule has 3 rings (SSSR count). The van der Waals surface area contributed by atoms with Gasteiger partial charge in [-0.05, 0) is 29.8 Å². The summed E-state index contributed by atoms with van der Waals surface area (Å²) in [6, 6.07) is 8.97. The van der Waals surface area contributed by atoms with Crippen molar-refractivity contribution in [3.63, 3.8) is 0 Å². The molecule has 0 unspecified atom stereocenters. The van der Waals surface area contributed by atoms with Gasteiger partial charge in [0.1, 0.15) is 17.7 Å². The summed E-state index contributed by atoms with van der Waals surface area (Å²) in [5.41, 5.74) is 0.768. The van der Waals surface area contributed by atoms with Gasteiger partial charge in [0.2, 0.25) is 11.8 Å². The van der Waals surface area contributed by atoms with Crippen LogP contribution in [0.5, 0.6) is 11.6 Å². The van der Waals surface area contributed by atoms with Gasteiger partial charge in [0, 0.05) is 25.4 Å². The van der Waals surface area contributed by atoms with Crippen molar-refractivity contribution in [1.82, 2.24) is 9.88 Å². The largest absolute Gasteiger partial charge is 0.439 e. The number of benzene rings is 1. The summed E-state index contributed by atoms with van der Waals surface area (Å²) in [4.78, 5) is 17.7. The SMILES string of the molecule is CS(=O)(=O)O[C@H]1CC(=O)N(Cc2ccc(Oc3ccc(F)cc3)nc2)C1. The smallest absolute Gasteiger partial charge is 0.264 e. The lowest BCUT2D eigenvalue weighted by Gasteiger charge is -2.16. The number of carbonyl (C=O) groups excluding carboxylic acids is 1. The van der Waals surface area contributed by atoms with Crippen molar-refractivity contribution in [1.29, 1.82) is 0 Å². The Labute approximate surface area is 150 Å². The van der Waals surface area contributed by atoms with Gasteiger partial charge in [-0.2, -0.15) is 8.42 Å². The van der Waals surface area contributed by atoms with Crippen molar-refractivity contribution in [2.75, 3.05) is 12.8 Å². The van der Waals surface area contributed by atoms with Crippen LogP contribution in [-0.2, 0) is 25.6 Å². The maximum Gasteiger partial charge on any atom is 0.264 e. The van der Waals surface area contributed by atoms with E-state index in [-0.39, 0.29) is 24.7 Å². The second kappa shape index (κ2) is 7.38. The molecule has 1 aliphatic rings. The third-order valence-corrected chi connectivity index (χ3v) is 4.32. The van der Waals surface area contributed by atoms with Gasteiger partial charge in [0.15, 0.2) is 0 Å². The number of aromatic nitrogens is 1. The molecule has 1 aromatic carbocycles. The molecule has 1 aromatic heterocycles. The van der Waals surface area contributed by atoms with Crippen molar-refractivity contribution in [3.05, 3.63) is 54.0 Å². The molecule has 2 aromatic rings. The highest BCUT2D eigenvalue weighted by molar-refractivity contribution is 7.86. The molecular formula is C17H17FN2O5S. The van der Waals surface area contributed by atoms with Crippen LogP contribution in [0.25, 0.3) is 0 Å². The lowest BCUT2D eigenvalue weighted by Crippen LogP contribution is -2.26. The van der Waals surface area contributed by atoms with Gasteiger partial charge in [-0.25, -0.2) is 9.37 Å².